The lowest BCUT2D eigenvalue weighted by atomic mass is 10.4. The number of rotatable bonds is 3. The molecule has 0 aliphatic heterocycles. The second-order valence-electron chi connectivity index (χ2n) is 2.68. The van der Waals surface area contributed by atoms with Crippen LogP contribution in [0.1, 0.15) is 12.7 Å². The van der Waals surface area contributed by atoms with Gasteiger partial charge in [0, 0.05) is 26.9 Å². The normalized spacial score (nSPS) is 10.1. The second-order valence-corrected chi connectivity index (χ2v) is 3.02. The molecule has 0 spiro atoms. The van der Waals surface area contributed by atoms with Gasteiger partial charge in [-0.1, -0.05) is 0 Å². The molecule has 0 aliphatic rings. The first kappa shape index (κ1) is 9.98. The van der Waals surface area contributed by atoms with Gasteiger partial charge in [-0.3, -0.25) is 4.79 Å². The van der Waals surface area contributed by atoms with Crippen LogP contribution in [0.2, 0.25) is 5.28 Å². The van der Waals surface area contributed by atoms with Gasteiger partial charge >= 0.3 is 0 Å². The van der Waals surface area contributed by atoms with E-state index in [-0.39, 0.29) is 5.91 Å². The van der Waals surface area contributed by atoms with E-state index in [1.54, 1.807) is 11.6 Å². The Morgan fingerprint density at radius 1 is 1.62 bits per heavy atom. The molecule has 0 bridgehead atoms. The summed E-state index contributed by atoms with van der Waals surface area (Å²) in [6.45, 7) is 2.03. The monoisotopic (exact) mass is 202 g/mol. The topological polar surface area (TPSA) is 59.8 Å². The minimum Gasteiger partial charge on any atom is -0.356 e. The summed E-state index contributed by atoms with van der Waals surface area (Å²) in [6.07, 6.45) is 0.635. The van der Waals surface area contributed by atoms with Crippen molar-refractivity contribution < 1.29 is 4.79 Å². The average Bonchev–Trinajstić information content (AvgIpc) is 2.35. The second kappa shape index (κ2) is 4.23. The van der Waals surface area contributed by atoms with E-state index in [9.17, 15) is 4.79 Å². The Bertz CT molecular complexity index is 309. The molecule has 13 heavy (non-hydrogen) atoms. The van der Waals surface area contributed by atoms with Gasteiger partial charge in [0.25, 0.3) is 0 Å². The van der Waals surface area contributed by atoms with Gasteiger partial charge in [-0.05, 0) is 11.6 Å². The molecule has 1 aromatic heterocycles. The number of nitrogens with one attached hydrogen (secondary N) is 1. The summed E-state index contributed by atoms with van der Waals surface area (Å²) in [5, 5.41) is 10.5. The van der Waals surface area contributed by atoms with Crippen molar-refractivity contribution in [1.82, 2.24) is 20.1 Å². The summed E-state index contributed by atoms with van der Waals surface area (Å²) in [5.74, 6) is 0.715. The summed E-state index contributed by atoms with van der Waals surface area (Å²) < 4.78 is 1.68. The predicted octanol–water partition coefficient (Wildman–Crippen LogP) is 0.147. The Balaban J connectivity index is 2.45. The largest absolute Gasteiger partial charge is 0.356 e. The van der Waals surface area contributed by atoms with Crippen LogP contribution < -0.4 is 5.32 Å². The van der Waals surface area contributed by atoms with Crippen molar-refractivity contribution >= 4 is 17.5 Å². The average molecular weight is 203 g/mol. The molecular formula is C7H11ClN4O. The lowest BCUT2D eigenvalue weighted by Crippen LogP contribution is -2.23. The molecule has 1 rings (SSSR count). The summed E-state index contributed by atoms with van der Waals surface area (Å²) in [5.41, 5.74) is 0. The van der Waals surface area contributed by atoms with Gasteiger partial charge in [0.05, 0.1) is 0 Å². The lowest BCUT2D eigenvalue weighted by molar-refractivity contribution is -0.118. The number of hydrogen-bond acceptors (Lipinski definition) is 3. The molecule has 0 aromatic carbocycles. The van der Waals surface area contributed by atoms with Crippen LogP contribution in [-0.2, 0) is 18.3 Å². The lowest BCUT2D eigenvalue weighted by Gasteiger charge is -2.01. The van der Waals surface area contributed by atoms with Gasteiger partial charge in [-0.2, -0.15) is 0 Å². The third-order valence-corrected chi connectivity index (χ3v) is 1.96. The number of hydrogen-bond donors (Lipinski definition) is 1. The van der Waals surface area contributed by atoms with E-state index in [0.717, 1.165) is 5.82 Å². The Morgan fingerprint density at radius 2 is 2.31 bits per heavy atom. The molecule has 5 nitrogen and oxygen atoms in total. The van der Waals surface area contributed by atoms with Crippen LogP contribution in [0.3, 0.4) is 0 Å². The first-order chi connectivity index (χ1) is 6.11. The maximum absolute atomic E-state index is 10.5. The number of nitrogens with zero attached hydrogens (tertiary/aromatic N) is 3. The standard InChI is InChI=1S/C7H11ClN4O/c1-5(13)9-4-3-6-10-11-7(8)12(6)2/h3-4H2,1-2H3,(H,9,13). The number of halogens is 1. The number of aromatic nitrogens is 3. The Morgan fingerprint density at radius 3 is 2.77 bits per heavy atom. The highest BCUT2D eigenvalue weighted by atomic mass is 35.5. The van der Waals surface area contributed by atoms with Crippen molar-refractivity contribution in [3.05, 3.63) is 11.1 Å². The minimum atomic E-state index is -0.0479. The zero-order chi connectivity index (χ0) is 9.84. The summed E-state index contributed by atoms with van der Waals surface area (Å²) in [6, 6.07) is 0. The summed E-state index contributed by atoms with van der Waals surface area (Å²) >= 11 is 5.67. The van der Waals surface area contributed by atoms with Gasteiger partial charge in [0.2, 0.25) is 11.2 Å². The Kier molecular flexibility index (Phi) is 3.25. The zero-order valence-corrected chi connectivity index (χ0v) is 8.30. The molecule has 1 amide bonds. The van der Waals surface area contributed by atoms with Crippen molar-refractivity contribution in [2.75, 3.05) is 6.54 Å². The highest BCUT2D eigenvalue weighted by molar-refractivity contribution is 6.28. The number of amides is 1. The van der Waals surface area contributed by atoms with Crippen LogP contribution in [0.15, 0.2) is 0 Å². The first-order valence-corrected chi connectivity index (χ1v) is 4.27. The third kappa shape index (κ3) is 2.69. The van der Waals surface area contributed by atoms with Crippen LogP contribution >= 0.6 is 11.6 Å². The Hall–Kier alpha value is -1.10. The van der Waals surface area contributed by atoms with E-state index >= 15 is 0 Å². The van der Waals surface area contributed by atoms with Gasteiger partial charge in [-0.25, -0.2) is 0 Å². The minimum absolute atomic E-state index is 0.0479. The summed E-state index contributed by atoms with van der Waals surface area (Å²) in [4.78, 5) is 10.5. The fourth-order valence-corrected chi connectivity index (χ4v) is 1.04. The number of carbonyl (C=O) groups excluding carboxylic acids is 1. The molecule has 0 fully saturated rings. The smallest absolute Gasteiger partial charge is 0.224 e. The van der Waals surface area contributed by atoms with E-state index in [1.165, 1.54) is 6.92 Å². The van der Waals surface area contributed by atoms with Gasteiger partial charge < -0.3 is 9.88 Å². The highest BCUT2D eigenvalue weighted by Gasteiger charge is 2.05. The van der Waals surface area contributed by atoms with Crippen molar-refractivity contribution in [3.63, 3.8) is 0 Å². The van der Waals surface area contributed by atoms with E-state index in [4.69, 9.17) is 11.6 Å². The maximum atomic E-state index is 10.5. The molecule has 1 N–H and O–H groups in total. The van der Waals surface area contributed by atoms with Crippen LogP contribution in [0.4, 0.5) is 0 Å². The van der Waals surface area contributed by atoms with E-state index < -0.39 is 0 Å². The molecule has 0 radical (unpaired) electrons. The molecule has 1 aromatic rings. The van der Waals surface area contributed by atoms with Gasteiger partial charge in [-0.15, -0.1) is 10.2 Å². The fourth-order valence-electron chi connectivity index (χ4n) is 0.908. The molecule has 0 saturated heterocycles. The van der Waals surface area contributed by atoms with Crippen molar-refractivity contribution in [3.8, 4) is 0 Å². The SMILES string of the molecule is CC(=O)NCCc1nnc(Cl)n1C. The fraction of sp³-hybridized carbons (Fsp3) is 0.571. The third-order valence-electron chi connectivity index (χ3n) is 1.63. The van der Waals surface area contributed by atoms with Crippen LogP contribution in [0.5, 0.6) is 0 Å². The zero-order valence-electron chi connectivity index (χ0n) is 7.54. The molecule has 0 saturated carbocycles. The molecule has 0 atom stereocenters. The summed E-state index contributed by atoms with van der Waals surface area (Å²) in [7, 11) is 1.78. The first-order valence-electron chi connectivity index (χ1n) is 3.89. The van der Waals surface area contributed by atoms with E-state index in [0.29, 0.717) is 18.2 Å². The molecule has 0 unspecified atom stereocenters. The van der Waals surface area contributed by atoms with Crippen LogP contribution in [0, 0.1) is 0 Å². The highest BCUT2D eigenvalue weighted by Crippen LogP contribution is 2.04. The van der Waals surface area contributed by atoms with Crippen molar-refractivity contribution in [2.24, 2.45) is 7.05 Å². The molecule has 6 heteroatoms. The molecular weight excluding hydrogens is 192 g/mol. The maximum Gasteiger partial charge on any atom is 0.224 e. The Labute approximate surface area is 81.1 Å². The molecule has 72 valence electrons. The van der Waals surface area contributed by atoms with E-state index in [1.807, 2.05) is 0 Å². The van der Waals surface area contributed by atoms with Gasteiger partial charge in [0.15, 0.2) is 0 Å². The van der Waals surface area contributed by atoms with Crippen molar-refractivity contribution in [1.29, 1.82) is 0 Å². The molecule has 0 aliphatic carbocycles. The van der Waals surface area contributed by atoms with Gasteiger partial charge in [0.1, 0.15) is 5.82 Å². The quantitative estimate of drug-likeness (QED) is 0.759. The van der Waals surface area contributed by atoms with Crippen molar-refractivity contribution in [2.45, 2.75) is 13.3 Å². The predicted molar refractivity (Wildman–Crippen MR) is 48.4 cm³/mol. The number of carbonyl (C=O) groups is 1. The van der Waals surface area contributed by atoms with E-state index in [2.05, 4.69) is 15.5 Å². The molecule has 1 heterocycles. The van der Waals surface area contributed by atoms with Crippen LogP contribution in [-0.4, -0.2) is 27.2 Å². The van der Waals surface area contributed by atoms with Crippen LogP contribution in [0.25, 0.3) is 0 Å².